The summed E-state index contributed by atoms with van der Waals surface area (Å²) in [6.45, 7) is 2.38. The fourth-order valence-electron chi connectivity index (χ4n) is 2.99. The van der Waals surface area contributed by atoms with E-state index in [0.717, 1.165) is 40.7 Å². The summed E-state index contributed by atoms with van der Waals surface area (Å²) < 4.78 is 5.23. The number of thioether (sulfide) groups is 1. The van der Waals surface area contributed by atoms with Crippen LogP contribution in [0.3, 0.4) is 0 Å². The summed E-state index contributed by atoms with van der Waals surface area (Å²) in [6, 6.07) is 11.5. The van der Waals surface area contributed by atoms with Gasteiger partial charge in [0, 0.05) is 13.1 Å². The number of anilines is 1. The topological polar surface area (TPSA) is 71.3 Å². The van der Waals surface area contributed by atoms with E-state index >= 15 is 0 Å². The van der Waals surface area contributed by atoms with Crippen LogP contribution < -0.4 is 10.2 Å². The molecule has 1 aromatic carbocycles. The molecule has 26 heavy (non-hydrogen) atoms. The first kappa shape index (κ1) is 16.9. The first-order valence-electron chi connectivity index (χ1n) is 8.73. The summed E-state index contributed by atoms with van der Waals surface area (Å²) in [5.74, 6) is 1.89. The molecule has 1 aliphatic heterocycles. The number of para-hydroxylation sites is 2. The lowest BCUT2D eigenvalue weighted by Gasteiger charge is -2.19. The zero-order valence-corrected chi connectivity index (χ0v) is 15.2. The summed E-state index contributed by atoms with van der Waals surface area (Å²) in [6.07, 6.45) is 3.94. The normalized spacial score (nSPS) is 14.1. The van der Waals surface area contributed by atoms with E-state index in [4.69, 9.17) is 14.4 Å². The first-order chi connectivity index (χ1) is 12.8. The number of fused-ring (bicyclic) bond motifs is 1. The average molecular weight is 368 g/mol. The molecule has 0 radical (unpaired) electrons. The van der Waals surface area contributed by atoms with Gasteiger partial charge in [-0.05, 0) is 37.1 Å². The smallest absolute Gasteiger partial charge is 0.230 e. The molecule has 0 atom stereocenters. The van der Waals surface area contributed by atoms with Crippen molar-refractivity contribution in [3.63, 3.8) is 0 Å². The van der Waals surface area contributed by atoms with E-state index in [2.05, 4.69) is 10.2 Å². The lowest BCUT2D eigenvalue weighted by molar-refractivity contribution is -0.118. The van der Waals surface area contributed by atoms with Gasteiger partial charge in [-0.15, -0.1) is 0 Å². The number of hydrogen-bond donors (Lipinski definition) is 1. The fraction of sp³-hybridized carbons (Fsp3) is 0.316. The van der Waals surface area contributed by atoms with E-state index in [1.807, 2.05) is 36.4 Å². The van der Waals surface area contributed by atoms with E-state index in [0.29, 0.717) is 12.3 Å². The quantitative estimate of drug-likeness (QED) is 0.674. The van der Waals surface area contributed by atoms with Crippen molar-refractivity contribution in [1.29, 1.82) is 0 Å². The Labute approximate surface area is 156 Å². The number of hydrogen-bond acceptors (Lipinski definition) is 6. The molecule has 1 fully saturated rings. The van der Waals surface area contributed by atoms with Gasteiger partial charge < -0.3 is 14.6 Å². The van der Waals surface area contributed by atoms with Gasteiger partial charge in [-0.1, -0.05) is 23.9 Å². The molecular weight excluding hydrogens is 348 g/mol. The summed E-state index contributed by atoms with van der Waals surface area (Å²) >= 11 is 1.44. The standard InChI is InChI=1S/C19H20N4O2S/c24-17(20-12-14-6-5-11-25-14)13-26-19-18(23-9-3-4-10-23)21-15-7-1-2-8-16(15)22-19/h1-2,5-8,11H,3-4,9-10,12-13H2,(H,20,24). The van der Waals surface area contributed by atoms with Gasteiger partial charge >= 0.3 is 0 Å². The van der Waals surface area contributed by atoms with Crippen molar-refractivity contribution >= 4 is 34.5 Å². The highest BCUT2D eigenvalue weighted by Gasteiger charge is 2.20. The van der Waals surface area contributed by atoms with Crippen LogP contribution in [0.1, 0.15) is 18.6 Å². The number of benzene rings is 1. The van der Waals surface area contributed by atoms with Gasteiger partial charge in [-0.2, -0.15) is 0 Å². The Bertz CT molecular complexity index is 892. The van der Waals surface area contributed by atoms with E-state index in [-0.39, 0.29) is 5.91 Å². The third-order valence-electron chi connectivity index (χ3n) is 4.31. The van der Waals surface area contributed by atoms with Gasteiger partial charge in [-0.25, -0.2) is 9.97 Å². The molecule has 1 N–H and O–H groups in total. The molecular formula is C19H20N4O2S. The van der Waals surface area contributed by atoms with Crippen molar-refractivity contribution in [1.82, 2.24) is 15.3 Å². The molecule has 2 aromatic heterocycles. The summed E-state index contributed by atoms with van der Waals surface area (Å²) in [4.78, 5) is 24.0. The summed E-state index contributed by atoms with van der Waals surface area (Å²) in [5.41, 5.74) is 1.75. The maximum absolute atomic E-state index is 12.2. The third kappa shape index (κ3) is 3.83. The van der Waals surface area contributed by atoms with Crippen LogP contribution in [-0.2, 0) is 11.3 Å². The second-order valence-electron chi connectivity index (χ2n) is 6.18. The lowest BCUT2D eigenvalue weighted by Crippen LogP contribution is -2.25. The van der Waals surface area contributed by atoms with Crippen LogP contribution in [0.5, 0.6) is 0 Å². The number of furan rings is 1. The highest BCUT2D eigenvalue weighted by molar-refractivity contribution is 8.00. The van der Waals surface area contributed by atoms with Crippen LogP contribution in [-0.4, -0.2) is 34.7 Å². The molecule has 1 amide bonds. The van der Waals surface area contributed by atoms with E-state index in [9.17, 15) is 4.79 Å². The van der Waals surface area contributed by atoms with Crippen LogP contribution in [0.2, 0.25) is 0 Å². The number of carbonyl (C=O) groups excluding carboxylic acids is 1. The molecule has 6 nitrogen and oxygen atoms in total. The summed E-state index contributed by atoms with van der Waals surface area (Å²) in [5, 5.41) is 3.68. The number of amides is 1. The van der Waals surface area contributed by atoms with Gasteiger partial charge in [0.05, 0.1) is 29.6 Å². The maximum Gasteiger partial charge on any atom is 0.230 e. The first-order valence-corrected chi connectivity index (χ1v) is 9.72. The Morgan fingerprint density at radius 2 is 1.88 bits per heavy atom. The molecule has 1 saturated heterocycles. The Morgan fingerprint density at radius 1 is 1.12 bits per heavy atom. The van der Waals surface area contributed by atoms with E-state index in [1.165, 1.54) is 24.6 Å². The largest absolute Gasteiger partial charge is 0.467 e. The Kier molecular flexibility index (Phi) is 5.06. The van der Waals surface area contributed by atoms with Gasteiger partial charge in [0.25, 0.3) is 0 Å². The van der Waals surface area contributed by atoms with Crippen LogP contribution in [0.4, 0.5) is 5.82 Å². The van der Waals surface area contributed by atoms with E-state index < -0.39 is 0 Å². The van der Waals surface area contributed by atoms with Gasteiger partial charge in [0.15, 0.2) is 5.82 Å². The molecule has 134 valence electrons. The van der Waals surface area contributed by atoms with Crippen molar-refractivity contribution in [2.75, 3.05) is 23.7 Å². The molecule has 0 saturated carbocycles. The molecule has 4 rings (SSSR count). The number of nitrogens with one attached hydrogen (secondary N) is 1. The monoisotopic (exact) mass is 368 g/mol. The molecule has 3 heterocycles. The Hall–Kier alpha value is -2.54. The second kappa shape index (κ2) is 7.78. The molecule has 1 aliphatic rings. The predicted octanol–water partition coefficient (Wildman–Crippen LogP) is 3.23. The lowest BCUT2D eigenvalue weighted by atomic mass is 10.3. The van der Waals surface area contributed by atoms with Gasteiger partial charge in [0.2, 0.25) is 5.91 Å². The molecule has 0 bridgehead atoms. The van der Waals surface area contributed by atoms with Crippen molar-refractivity contribution < 1.29 is 9.21 Å². The van der Waals surface area contributed by atoms with Gasteiger partial charge in [0.1, 0.15) is 10.8 Å². The zero-order chi connectivity index (χ0) is 17.8. The zero-order valence-electron chi connectivity index (χ0n) is 14.4. The Balaban J connectivity index is 1.48. The molecule has 7 heteroatoms. The maximum atomic E-state index is 12.2. The van der Waals surface area contributed by atoms with Crippen molar-refractivity contribution in [2.24, 2.45) is 0 Å². The molecule has 3 aromatic rings. The minimum Gasteiger partial charge on any atom is -0.467 e. The van der Waals surface area contributed by atoms with Crippen LogP contribution in [0, 0.1) is 0 Å². The number of carbonyl (C=O) groups is 1. The summed E-state index contributed by atoms with van der Waals surface area (Å²) in [7, 11) is 0. The minimum absolute atomic E-state index is 0.0475. The van der Waals surface area contributed by atoms with Crippen LogP contribution in [0.25, 0.3) is 11.0 Å². The highest BCUT2D eigenvalue weighted by atomic mass is 32.2. The molecule has 0 unspecified atom stereocenters. The highest BCUT2D eigenvalue weighted by Crippen LogP contribution is 2.30. The van der Waals surface area contributed by atoms with Crippen molar-refractivity contribution in [3.8, 4) is 0 Å². The second-order valence-corrected chi connectivity index (χ2v) is 7.14. The molecule has 0 spiro atoms. The van der Waals surface area contributed by atoms with Crippen LogP contribution >= 0.6 is 11.8 Å². The predicted molar refractivity (Wildman–Crippen MR) is 102 cm³/mol. The molecule has 0 aliphatic carbocycles. The average Bonchev–Trinajstić information content (AvgIpc) is 3.37. The number of aromatic nitrogens is 2. The van der Waals surface area contributed by atoms with Crippen molar-refractivity contribution in [3.05, 3.63) is 48.4 Å². The van der Waals surface area contributed by atoms with Gasteiger partial charge in [-0.3, -0.25) is 4.79 Å². The third-order valence-corrected chi connectivity index (χ3v) is 5.26. The minimum atomic E-state index is -0.0475. The van der Waals surface area contributed by atoms with Crippen molar-refractivity contribution in [2.45, 2.75) is 24.4 Å². The number of nitrogens with zero attached hydrogens (tertiary/aromatic N) is 3. The van der Waals surface area contributed by atoms with E-state index in [1.54, 1.807) is 6.26 Å². The fourth-order valence-corrected chi connectivity index (χ4v) is 3.83. The van der Waals surface area contributed by atoms with Crippen LogP contribution in [0.15, 0.2) is 52.1 Å². The number of rotatable bonds is 6. The SMILES string of the molecule is O=C(CSc1nc2ccccc2nc1N1CCCC1)NCc1ccco1. The Morgan fingerprint density at radius 3 is 2.62 bits per heavy atom.